The number of unbranched alkanes of at least 4 members (excludes halogenated alkanes) is 1. The zero-order valence-electron chi connectivity index (χ0n) is 14.4. The molecule has 1 aliphatic rings. The lowest BCUT2D eigenvalue weighted by Gasteiger charge is -2.32. The van der Waals surface area contributed by atoms with E-state index in [1.807, 2.05) is 6.92 Å². The van der Waals surface area contributed by atoms with Gasteiger partial charge in [-0.2, -0.15) is 0 Å². The minimum atomic E-state index is -3.22. The first-order valence-corrected chi connectivity index (χ1v) is 10.6. The fraction of sp³-hybridized carbons (Fsp3) is 0.588. The number of nitrogens with one attached hydrogen (secondary N) is 1. The number of nitrogens with zero attached hydrogens (tertiary/aromatic N) is 1. The first-order chi connectivity index (χ1) is 11.9. The van der Waals surface area contributed by atoms with Gasteiger partial charge in [0.1, 0.15) is 5.75 Å². The van der Waals surface area contributed by atoms with Crippen LogP contribution in [0.15, 0.2) is 24.3 Å². The molecule has 1 aromatic carbocycles. The molecular weight excluding hydrogens is 364 g/mol. The highest BCUT2D eigenvalue weighted by Crippen LogP contribution is 2.16. The summed E-state index contributed by atoms with van der Waals surface area (Å²) < 4.78 is 32.1. The smallest absolute Gasteiger partial charge is 0.260 e. The third-order valence-electron chi connectivity index (χ3n) is 4.14. The highest BCUT2D eigenvalue weighted by atomic mass is 35.5. The summed E-state index contributed by atoms with van der Waals surface area (Å²) in [5.74, 6) is 0.663. The average molecular weight is 389 g/mol. The maximum Gasteiger partial charge on any atom is 0.260 e. The number of hydrogen-bond acceptors (Lipinski definition) is 4. The number of ether oxygens (including phenoxy) is 1. The van der Waals surface area contributed by atoms with Crippen LogP contribution in [0.5, 0.6) is 5.75 Å². The summed E-state index contributed by atoms with van der Waals surface area (Å²) in [7, 11) is -3.22. The van der Waals surface area contributed by atoms with Crippen molar-refractivity contribution >= 4 is 27.5 Å². The van der Waals surface area contributed by atoms with Crippen molar-refractivity contribution in [1.29, 1.82) is 0 Å². The van der Waals surface area contributed by atoms with Gasteiger partial charge in [0.15, 0.2) is 6.61 Å². The van der Waals surface area contributed by atoms with Gasteiger partial charge in [-0.25, -0.2) is 13.1 Å². The monoisotopic (exact) mass is 388 g/mol. The Hall–Kier alpha value is -1.31. The number of hydrogen-bond donors (Lipinski definition) is 1. The minimum absolute atomic E-state index is 0.0332. The highest BCUT2D eigenvalue weighted by molar-refractivity contribution is 7.89. The van der Waals surface area contributed by atoms with Crippen LogP contribution in [0.4, 0.5) is 0 Å². The third kappa shape index (κ3) is 6.84. The molecule has 0 spiro atoms. The molecule has 0 radical (unpaired) electrons. The molecular formula is C17H25ClN2O4S. The van der Waals surface area contributed by atoms with Gasteiger partial charge in [0.25, 0.3) is 5.91 Å². The molecule has 6 nitrogen and oxygen atoms in total. The molecule has 140 valence electrons. The summed E-state index contributed by atoms with van der Waals surface area (Å²) >= 11 is 5.80. The molecule has 1 aromatic rings. The number of likely N-dealkylation sites (tertiary alicyclic amines) is 1. The lowest BCUT2D eigenvalue weighted by atomic mass is 10.1. The van der Waals surface area contributed by atoms with Gasteiger partial charge in [0.2, 0.25) is 10.0 Å². The molecule has 1 saturated heterocycles. The predicted molar refractivity (Wildman–Crippen MR) is 98.4 cm³/mol. The summed E-state index contributed by atoms with van der Waals surface area (Å²) in [5.41, 5.74) is 0. The van der Waals surface area contributed by atoms with E-state index in [9.17, 15) is 13.2 Å². The summed E-state index contributed by atoms with van der Waals surface area (Å²) in [6, 6.07) is 6.75. The van der Waals surface area contributed by atoms with E-state index in [0.717, 1.165) is 6.42 Å². The van der Waals surface area contributed by atoms with Crippen molar-refractivity contribution in [2.75, 3.05) is 25.4 Å². The second-order valence-electron chi connectivity index (χ2n) is 6.19. The number of piperidine rings is 1. The summed E-state index contributed by atoms with van der Waals surface area (Å²) in [5, 5.41) is 0.613. The molecule has 8 heteroatoms. The Labute approximate surface area is 154 Å². The highest BCUT2D eigenvalue weighted by Gasteiger charge is 2.25. The van der Waals surface area contributed by atoms with E-state index < -0.39 is 10.0 Å². The van der Waals surface area contributed by atoms with Crippen molar-refractivity contribution in [3.63, 3.8) is 0 Å². The molecule has 2 rings (SSSR count). The first kappa shape index (κ1) is 20.0. The van der Waals surface area contributed by atoms with E-state index in [2.05, 4.69) is 4.72 Å². The summed E-state index contributed by atoms with van der Waals surface area (Å²) in [4.78, 5) is 13.9. The number of carbonyl (C=O) groups is 1. The van der Waals surface area contributed by atoms with E-state index >= 15 is 0 Å². The number of benzene rings is 1. The van der Waals surface area contributed by atoms with Gasteiger partial charge in [0.05, 0.1) is 5.75 Å². The standard InChI is InChI=1S/C17H25ClN2O4S/c1-2-3-12-25(22,23)19-15-8-10-20(11-9-15)17(21)13-24-16-6-4-14(18)5-7-16/h4-7,15,19H,2-3,8-13H2,1H3. The number of rotatable bonds is 8. The fourth-order valence-corrected chi connectivity index (χ4v) is 4.32. The van der Waals surface area contributed by atoms with E-state index in [1.54, 1.807) is 29.2 Å². The number of carbonyl (C=O) groups excluding carboxylic acids is 1. The lowest BCUT2D eigenvalue weighted by Crippen LogP contribution is -2.48. The Balaban J connectivity index is 1.73. The van der Waals surface area contributed by atoms with Crippen LogP contribution < -0.4 is 9.46 Å². The molecule has 1 fully saturated rings. The van der Waals surface area contributed by atoms with Gasteiger partial charge in [-0.3, -0.25) is 4.79 Å². The van der Waals surface area contributed by atoms with Gasteiger partial charge >= 0.3 is 0 Å². The van der Waals surface area contributed by atoms with Gasteiger partial charge in [-0.05, 0) is 43.5 Å². The largest absolute Gasteiger partial charge is 0.484 e. The lowest BCUT2D eigenvalue weighted by molar-refractivity contribution is -0.134. The van der Waals surface area contributed by atoms with Crippen LogP contribution in [0.3, 0.4) is 0 Å². The number of halogens is 1. The van der Waals surface area contributed by atoms with Crippen molar-refractivity contribution < 1.29 is 17.9 Å². The van der Waals surface area contributed by atoms with Gasteiger partial charge in [-0.1, -0.05) is 24.9 Å². The average Bonchev–Trinajstić information content (AvgIpc) is 2.59. The van der Waals surface area contributed by atoms with E-state index in [0.29, 0.717) is 43.1 Å². The molecule has 0 bridgehead atoms. The molecule has 1 aliphatic heterocycles. The van der Waals surface area contributed by atoms with Crippen LogP contribution in [-0.4, -0.2) is 50.7 Å². The number of amides is 1. The summed E-state index contributed by atoms with van der Waals surface area (Å²) in [6.45, 7) is 2.99. The van der Waals surface area contributed by atoms with Crippen LogP contribution in [0.1, 0.15) is 32.6 Å². The van der Waals surface area contributed by atoms with Gasteiger partial charge in [0, 0.05) is 24.2 Å². The molecule has 0 unspecified atom stereocenters. The van der Waals surface area contributed by atoms with Crippen LogP contribution in [-0.2, 0) is 14.8 Å². The normalized spacial score (nSPS) is 16.0. The maximum absolute atomic E-state index is 12.2. The first-order valence-electron chi connectivity index (χ1n) is 8.56. The predicted octanol–water partition coefficient (Wildman–Crippen LogP) is 2.43. The molecule has 1 heterocycles. The molecule has 0 saturated carbocycles. The SMILES string of the molecule is CCCCS(=O)(=O)NC1CCN(C(=O)COc2ccc(Cl)cc2)CC1. The quantitative estimate of drug-likeness (QED) is 0.742. The Morgan fingerprint density at radius 2 is 1.92 bits per heavy atom. The van der Waals surface area contributed by atoms with Gasteiger partial charge in [-0.15, -0.1) is 0 Å². The van der Waals surface area contributed by atoms with Crippen LogP contribution in [0, 0.1) is 0 Å². The topological polar surface area (TPSA) is 75.7 Å². The molecule has 25 heavy (non-hydrogen) atoms. The van der Waals surface area contributed by atoms with Crippen molar-refractivity contribution in [2.45, 2.75) is 38.6 Å². The van der Waals surface area contributed by atoms with Crippen LogP contribution in [0.25, 0.3) is 0 Å². The molecule has 0 aliphatic carbocycles. The van der Waals surface area contributed by atoms with Gasteiger partial charge < -0.3 is 9.64 Å². The third-order valence-corrected chi connectivity index (χ3v) is 5.91. The Bertz CT molecular complexity index is 656. The van der Waals surface area contributed by atoms with Crippen molar-refractivity contribution in [3.8, 4) is 5.75 Å². The van der Waals surface area contributed by atoms with Crippen LogP contribution in [0.2, 0.25) is 5.02 Å². The summed E-state index contributed by atoms with van der Waals surface area (Å²) in [6.07, 6.45) is 2.76. The van der Waals surface area contributed by atoms with Crippen LogP contribution >= 0.6 is 11.6 Å². The fourth-order valence-electron chi connectivity index (χ4n) is 2.66. The zero-order valence-corrected chi connectivity index (χ0v) is 16.0. The number of sulfonamides is 1. The second kappa shape index (κ2) is 9.40. The maximum atomic E-state index is 12.2. The second-order valence-corrected chi connectivity index (χ2v) is 8.50. The van der Waals surface area contributed by atoms with Crippen molar-refractivity contribution in [3.05, 3.63) is 29.3 Å². The molecule has 1 amide bonds. The van der Waals surface area contributed by atoms with E-state index in [1.165, 1.54) is 0 Å². The Kier molecular flexibility index (Phi) is 7.53. The molecule has 0 aromatic heterocycles. The Morgan fingerprint density at radius 3 is 2.52 bits per heavy atom. The van der Waals surface area contributed by atoms with E-state index in [4.69, 9.17) is 16.3 Å². The van der Waals surface area contributed by atoms with E-state index in [-0.39, 0.29) is 24.3 Å². The molecule has 0 atom stereocenters. The minimum Gasteiger partial charge on any atom is -0.484 e. The Morgan fingerprint density at radius 1 is 1.28 bits per heavy atom. The molecule has 1 N–H and O–H groups in total. The van der Waals surface area contributed by atoms with Crippen molar-refractivity contribution in [1.82, 2.24) is 9.62 Å². The van der Waals surface area contributed by atoms with Crippen molar-refractivity contribution in [2.24, 2.45) is 0 Å². The zero-order chi connectivity index (χ0) is 18.3.